The number of anilines is 1. The number of nitrogens with one attached hydrogen (secondary N) is 2. The molecule has 1 heterocycles. The summed E-state index contributed by atoms with van der Waals surface area (Å²) in [4.78, 5) is 6.78. The summed E-state index contributed by atoms with van der Waals surface area (Å²) in [6.45, 7) is 2.93. The maximum atomic E-state index is 13.2. The SMILES string of the molecule is CN=C(NCCCc1cccc(F)c1)NC1CCN(c2ccccc2)CC1.I. The number of hydrogen-bond donors (Lipinski definition) is 2. The second-order valence-corrected chi connectivity index (χ2v) is 6.97. The number of benzene rings is 2. The van der Waals surface area contributed by atoms with Gasteiger partial charge in [0.1, 0.15) is 5.82 Å². The topological polar surface area (TPSA) is 39.7 Å². The van der Waals surface area contributed by atoms with E-state index >= 15 is 0 Å². The minimum Gasteiger partial charge on any atom is -0.371 e. The second-order valence-electron chi connectivity index (χ2n) is 6.97. The molecule has 1 saturated heterocycles. The van der Waals surface area contributed by atoms with Gasteiger partial charge in [-0.15, -0.1) is 24.0 Å². The van der Waals surface area contributed by atoms with E-state index in [2.05, 4.69) is 50.9 Å². The third-order valence-electron chi connectivity index (χ3n) is 5.00. The van der Waals surface area contributed by atoms with E-state index in [9.17, 15) is 4.39 Å². The molecule has 0 aliphatic carbocycles. The summed E-state index contributed by atoms with van der Waals surface area (Å²) >= 11 is 0. The number of nitrogens with zero attached hydrogens (tertiary/aromatic N) is 2. The van der Waals surface area contributed by atoms with E-state index in [1.807, 2.05) is 6.07 Å². The summed E-state index contributed by atoms with van der Waals surface area (Å²) in [7, 11) is 1.81. The Balaban J connectivity index is 0.00000280. The van der Waals surface area contributed by atoms with Crippen LogP contribution in [-0.4, -0.2) is 38.7 Å². The van der Waals surface area contributed by atoms with Gasteiger partial charge in [0.2, 0.25) is 0 Å². The Morgan fingerprint density at radius 2 is 1.86 bits per heavy atom. The number of guanidine groups is 1. The highest BCUT2D eigenvalue weighted by atomic mass is 127. The van der Waals surface area contributed by atoms with Gasteiger partial charge in [0.25, 0.3) is 0 Å². The van der Waals surface area contributed by atoms with Gasteiger partial charge in [-0.2, -0.15) is 0 Å². The number of piperidine rings is 1. The maximum absolute atomic E-state index is 13.2. The van der Waals surface area contributed by atoms with E-state index in [1.165, 1.54) is 11.8 Å². The molecule has 28 heavy (non-hydrogen) atoms. The number of para-hydroxylation sites is 1. The molecular weight excluding hydrogens is 466 g/mol. The smallest absolute Gasteiger partial charge is 0.191 e. The fraction of sp³-hybridized carbons (Fsp3) is 0.409. The quantitative estimate of drug-likeness (QED) is 0.273. The van der Waals surface area contributed by atoms with Gasteiger partial charge in [0.05, 0.1) is 0 Å². The minimum absolute atomic E-state index is 0. The van der Waals surface area contributed by atoms with Gasteiger partial charge in [0, 0.05) is 38.4 Å². The van der Waals surface area contributed by atoms with Crippen LogP contribution in [0.4, 0.5) is 10.1 Å². The zero-order valence-electron chi connectivity index (χ0n) is 16.4. The summed E-state index contributed by atoms with van der Waals surface area (Å²) in [5, 5.41) is 6.91. The molecule has 0 unspecified atom stereocenters. The minimum atomic E-state index is -0.167. The van der Waals surface area contributed by atoms with Crippen molar-refractivity contribution in [3.8, 4) is 0 Å². The third kappa shape index (κ3) is 6.96. The van der Waals surface area contributed by atoms with Crippen LogP contribution in [0.1, 0.15) is 24.8 Å². The van der Waals surface area contributed by atoms with Crippen molar-refractivity contribution in [2.24, 2.45) is 4.99 Å². The highest BCUT2D eigenvalue weighted by molar-refractivity contribution is 14.0. The number of aryl methyl sites for hydroxylation is 1. The first-order valence-electron chi connectivity index (χ1n) is 9.76. The molecule has 6 heteroatoms. The van der Waals surface area contributed by atoms with Crippen LogP contribution in [0.2, 0.25) is 0 Å². The Hall–Kier alpha value is -1.83. The highest BCUT2D eigenvalue weighted by Crippen LogP contribution is 2.19. The molecule has 0 amide bonds. The number of halogens is 2. The number of rotatable bonds is 6. The third-order valence-corrected chi connectivity index (χ3v) is 5.00. The molecule has 2 aromatic rings. The molecule has 1 aliphatic heterocycles. The van der Waals surface area contributed by atoms with Gasteiger partial charge in [0.15, 0.2) is 5.96 Å². The standard InChI is InChI=1S/C22H29FN4.HI/c1-24-22(25-14-6-8-18-7-5-9-19(23)17-18)26-20-12-15-27(16-13-20)21-10-3-2-4-11-21;/h2-5,7,9-11,17,20H,6,8,12-16H2,1H3,(H2,24,25,26);1H. The van der Waals surface area contributed by atoms with E-state index in [0.717, 1.165) is 56.8 Å². The van der Waals surface area contributed by atoms with Gasteiger partial charge in [-0.1, -0.05) is 30.3 Å². The van der Waals surface area contributed by atoms with Crippen molar-refractivity contribution in [3.05, 3.63) is 66.0 Å². The summed E-state index contributed by atoms with van der Waals surface area (Å²) in [5.41, 5.74) is 2.34. The van der Waals surface area contributed by atoms with Crippen molar-refractivity contribution in [2.45, 2.75) is 31.7 Å². The van der Waals surface area contributed by atoms with Crippen LogP contribution >= 0.6 is 24.0 Å². The number of hydrogen-bond acceptors (Lipinski definition) is 2. The summed E-state index contributed by atoms with van der Waals surface area (Å²) in [6.07, 6.45) is 3.99. The molecule has 0 bridgehead atoms. The van der Waals surface area contributed by atoms with Gasteiger partial charge in [-0.25, -0.2) is 4.39 Å². The lowest BCUT2D eigenvalue weighted by atomic mass is 10.0. The lowest BCUT2D eigenvalue weighted by Crippen LogP contribution is -2.48. The van der Waals surface area contributed by atoms with Gasteiger partial charge < -0.3 is 15.5 Å². The predicted octanol–water partition coefficient (Wildman–Crippen LogP) is 4.21. The lowest BCUT2D eigenvalue weighted by Gasteiger charge is -2.34. The predicted molar refractivity (Wildman–Crippen MR) is 126 cm³/mol. The van der Waals surface area contributed by atoms with Crippen molar-refractivity contribution in [1.82, 2.24) is 10.6 Å². The van der Waals surface area contributed by atoms with Crippen molar-refractivity contribution >= 4 is 35.6 Å². The Morgan fingerprint density at radius 1 is 1.11 bits per heavy atom. The fourth-order valence-corrected chi connectivity index (χ4v) is 3.50. The van der Waals surface area contributed by atoms with E-state index in [0.29, 0.717) is 6.04 Å². The van der Waals surface area contributed by atoms with E-state index in [4.69, 9.17) is 0 Å². The largest absolute Gasteiger partial charge is 0.371 e. The van der Waals surface area contributed by atoms with Crippen LogP contribution < -0.4 is 15.5 Å². The average molecular weight is 496 g/mol. The molecule has 1 aliphatic rings. The Kier molecular flexibility index (Phi) is 9.54. The first-order chi connectivity index (χ1) is 13.2. The summed E-state index contributed by atoms with van der Waals surface area (Å²) < 4.78 is 13.2. The fourth-order valence-electron chi connectivity index (χ4n) is 3.50. The molecule has 0 atom stereocenters. The molecule has 1 fully saturated rings. The molecule has 4 nitrogen and oxygen atoms in total. The average Bonchev–Trinajstić information content (AvgIpc) is 2.71. The summed E-state index contributed by atoms with van der Waals surface area (Å²) in [6, 6.07) is 17.9. The van der Waals surface area contributed by atoms with Crippen LogP contribution in [0.3, 0.4) is 0 Å². The van der Waals surface area contributed by atoms with E-state index in [1.54, 1.807) is 19.2 Å². The van der Waals surface area contributed by atoms with Crippen molar-refractivity contribution in [3.63, 3.8) is 0 Å². The van der Waals surface area contributed by atoms with E-state index in [-0.39, 0.29) is 29.8 Å². The van der Waals surface area contributed by atoms with E-state index < -0.39 is 0 Å². The van der Waals surface area contributed by atoms with Gasteiger partial charge in [-0.3, -0.25) is 4.99 Å². The maximum Gasteiger partial charge on any atom is 0.191 e. The highest BCUT2D eigenvalue weighted by Gasteiger charge is 2.19. The molecule has 2 aromatic carbocycles. The summed E-state index contributed by atoms with van der Waals surface area (Å²) in [5.74, 6) is 0.687. The molecule has 0 saturated carbocycles. The lowest BCUT2D eigenvalue weighted by molar-refractivity contribution is 0.461. The monoisotopic (exact) mass is 496 g/mol. The molecule has 0 aromatic heterocycles. The Morgan fingerprint density at radius 3 is 2.54 bits per heavy atom. The van der Waals surface area contributed by atoms with Crippen molar-refractivity contribution in [1.29, 1.82) is 0 Å². The molecule has 152 valence electrons. The normalized spacial score (nSPS) is 15.1. The van der Waals surface area contributed by atoms with Crippen molar-refractivity contribution in [2.75, 3.05) is 31.6 Å². The molecular formula is C22H30FIN4. The number of aliphatic imine (C=N–C) groups is 1. The second kappa shape index (κ2) is 11.9. The van der Waals surface area contributed by atoms with Crippen LogP contribution in [0.15, 0.2) is 59.6 Å². The zero-order chi connectivity index (χ0) is 18.9. The zero-order valence-corrected chi connectivity index (χ0v) is 18.7. The Labute approximate surface area is 184 Å². The van der Waals surface area contributed by atoms with Gasteiger partial charge in [-0.05, 0) is 55.5 Å². The Bertz CT molecular complexity index is 730. The van der Waals surface area contributed by atoms with Crippen LogP contribution in [0.25, 0.3) is 0 Å². The molecule has 2 N–H and O–H groups in total. The molecule has 0 radical (unpaired) electrons. The van der Waals surface area contributed by atoms with Crippen molar-refractivity contribution < 1.29 is 4.39 Å². The first kappa shape index (κ1) is 22.5. The molecule has 3 rings (SSSR count). The molecule has 0 spiro atoms. The first-order valence-corrected chi connectivity index (χ1v) is 9.76. The van der Waals surface area contributed by atoms with Crippen LogP contribution in [0.5, 0.6) is 0 Å². The van der Waals surface area contributed by atoms with Crippen LogP contribution in [-0.2, 0) is 6.42 Å². The van der Waals surface area contributed by atoms with Gasteiger partial charge >= 0.3 is 0 Å². The van der Waals surface area contributed by atoms with Crippen LogP contribution in [0, 0.1) is 5.82 Å².